The van der Waals surface area contributed by atoms with E-state index in [1.165, 1.54) is 56.0 Å². The van der Waals surface area contributed by atoms with Gasteiger partial charge in [0.1, 0.15) is 5.75 Å². The second-order valence-electron chi connectivity index (χ2n) is 7.67. The lowest BCUT2D eigenvalue weighted by molar-refractivity contribution is -0.385. The van der Waals surface area contributed by atoms with Crippen LogP contribution in [0, 0.1) is 20.2 Å². The SMILES string of the molecule is BrC1C=CCCC1.O=[N+]([O-])c1cccc(O[B]O)c1.O=[N+]([O-])c1cccc([C@@H]2C=CCCC2)c1. The van der Waals surface area contributed by atoms with Crippen LogP contribution in [0.1, 0.15) is 50.0 Å². The first-order valence-electron chi connectivity index (χ1n) is 11.0. The summed E-state index contributed by atoms with van der Waals surface area (Å²) in [7, 11) is 0.471. The molecule has 2 aromatic carbocycles. The highest BCUT2D eigenvalue weighted by Gasteiger charge is 2.14. The minimum atomic E-state index is -0.537. The third-order valence-electron chi connectivity index (χ3n) is 5.18. The number of halogens is 1. The summed E-state index contributed by atoms with van der Waals surface area (Å²) in [5.41, 5.74) is 1.17. The van der Waals surface area contributed by atoms with Crippen LogP contribution in [0.4, 0.5) is 11.4 Å². The van der Waals surface area contributed by atoms with Crippen molar-refractivity contribution in [1.82, 2.24) is 0 Å². The number of nitrogens with zero attached hydrogens (tertiary/aromatic N) is 2. The van der Waals surface area contributed by atoms with Gasteiger partial charge < -0.3 is 9.68 Å². The predicted octanol–water partition coefficient (Wildman–Crippen LogP) is 6.41. The van der Waals surface area contributed by atoms with Crippen LogP contribution >= 0.6 is 15.9 Å². The molecule has 0 aromatic heterocycles. The number of nitro benzene ring substituents is 2. The van der Waals surface area contributed by atoms with Gasteiger partial charge in [-0.1, -0.05) is 58.4 Å². The normalized spacial score (nSPS) is 18.4. The maximum atomic E-state index is 10.6. The van der Waals surface area contributed by atoms with Gasteiger partial charge in [-0.15, -0.1) is 0 Å². The average molecular weight is 530 g/mol. The standard InChI is InChI=1S/C12H13NO2.C6H5BNO4.C6H9Br/c14-13(15)12-8-4-7-11(9-12)10-5-2-1-3-6-10;9-7-12-6-3-1-2-5(4-6)8(10)11;7-6-4-2-1-3-5-6/h2,4-5,7-10H,1,3,6H2;1-4,9H;2,4,6H,1,3,5H2/t10-;;/m1../s1. The minimum Gasteiger partial charge on any atom is -0.537 e. The second kappa shape index (κ2) is 15.0. The largest absolute Gasteiger partial charge is 0.569 e. The monoisotopic (exact) mass is 529 g/mol. The molecular formula is C24H27BBrN2O6. The molecule has 1 unspecified atom stereocenters. The maximum absolute atomic E-state index is 10.6. The summed E-state index contributed by atoms with van der Waals surface area (Å²) in [5.74, 6) is 0.588. The molecule has 34 heavy (non-hydrogen) atoms. The Bertz CT molecular complexity index is 1000. The van der Waals surface area contributed by atoms with Gasteiger partial charge in [-0.2, -0.15) is 0 Å². The van der Waals surface area contributed by atoms with E-state index in [9.17, 15) is 20.2 Å². The molecule has 179 valence electrons. The number of hydrogen-bond donors (Lipinski definition) is 1. The van der Waals surface area contributed by atoms with Crippen molar-refractivity contribution in [2.24, 2.45) is 0 Å². The Hall–Kier alpha value is -2.98. The zero-order chi connectivity index (χ0) is 24.8. The molecule has 0 fully saturated rings. The molecule has 2 aliphatic carbocycles. The first-order chi connectivity index (χ1) is 16.4. The van der Waals surface area contributed by atoms with Crippen molar-refractivity contribution in [3.05, 3.63) is 98.6 Å². The molecule has 0 aliphatic heterocycles. The quantitative estimate of drug-likeness (QED) is 0.157. The molecule has 0 bridgehead atoms. The number of hydrogen-bond acceptors (Lipinski definition) is 6. The lowest BCUT2D eigenvalue weighted by Gasteiger charge is -2.16. The highest BCUT2D eigenvalue weighted by Crippen LogP contribution is 2.29. The summed E-state index contributed by atoms with van der Waals surface area (Å²) in [6.07, 6.45) is 16.1. The Balaban J connectivity index is 0.000000192. The molecule has 0 heterocycles. The van der Waals surface area contributed by atoms with Crippen LogP contribution in [0.5, 0.6) is 5.75 Å². The van der Waals surface area contributed by atoms with E-state index in [0.29, 0.717) is 18.4 Å². The Morgan fingerprint density at radius 1 is 0.912 bits per heavy atom. The Labute approximate surface area is 208 Å². The molecule has 0 spiro atoms. The lowest BCUT2D eigenvalue weighted by atomic mass is 9.89. The van der Waals surface area contributed by atoms with Gasteiger partial charge in [-0.25, -0.2) is 0 Å². The van der Waals surface area contributed by atoms with E-state index in [1.807, 2.05) is 6.07 Å². The fourth-order valence-corrected chi connectivity index (χ4v) is 4.00. The van der Waals surface area contributed by atoms with E-state index in [4.69, 9.17) is 5.02 Å². The van der Waals surface area contributed by atoms with Gasteiger partial charge in [0.2, 0.25) is 0 Å². The Kier molecular flexibility index (Phi) is 12.1. The van der Waals surface area contributed by atoms with Crippen LogP contribution in [0.15, 0.2) is 72.8 Å². The summed E-state index contributed by atoms with van der Waals surface area (Å²) in [6.45, 7) is 0. The third-order valence-corrected chi connectivity index (χ3v) is 5.94. The van der Waals surface area contributed by atoms with E-state index in [2.05, 4.69) is 44.9 Å². The molecule has 0 saturated carbocycles. The van der Waals surface area contributed by atoms with Crippen LogP contribution in [0.2, 0.25) is 0 Å². The first-order valence-corrected chi connectivity index (χ1v) is 11.9. The van der Waals surface area contributed by atoms with Crippen LogP contribution in [0.25, 0.3) is 0 Å². The maximum Gasteiger partial charge on any atom is 0.569 e. The fourth-order valence-electron chi connectivity index (χ4n) is 3.46. The zero-order valence-electron chi connectivity index (χ0n) is 18.7. The molecular weight excluding hydrogens is 503 g/mol. The molecule has 0 amide bonds. The molecule has 10 heteroatoms. The molecule has 1 N–H and O–H groups in total. The zero-order valence-corrected chi connectivity index (χ0v) is 20.2. The summed E-state index contributed by atoms with van der Waals surface area (Å²) < 4.78 is 4.52. The molecule has 0 saturated heterocycles. The van der Waals surface area contributed by atoms with Crippen LogP contribution < -0.4 is 4.65 Å². The fraction of sp³-hybridized carbons (Fsp3) is 0.333. The molecule has 2 aromatic rings. The number of nitro groups is 2. The Morgan fingerprint density at radius 2 is 1.53 bits per heavy atom. The number of non-ortho nitro benzene ring substituents is 2. The van der Waals surface area contributed by atoms with Gasteiger partial charge in [-0.05, 0) is 50.2 Å². The molecule has 1 radical (unpaired) electrons. The van der Waals surface area contributed by atoms with Crippen LogP contribution in [-0.2, 0) is 0 Å². The molecule has 2 aliphatic rings. The number of benzene rings is 2. The van der Waals surface area contributed by atoms with Crippen molar-refractivity contribution in [2.45, 2.75) is 49.3 Å². The van der Waals surface area contributed by atoms with Gasteiger partial charge in [0, 0.05) is 28.9 Å². The van der Waals surface area contributed by atoms with Gasteiger partial charge in [0.05, 0.1) is 15.9 Å². The highest BCUT2D eigenvalue weighted by molar-refractivity contribution is 9.09. The van der Waals surface area contributed by atoms with Gasteiger partial charge in [-0.3, -0.25) is 20.2 Å². The summed E-state index contributed by atoms with van der Waals surface area (Å²) in [5, 5.41) is 29.1. The topological polar surface area (TPSA) is 116 Å². The van der Waals surface area contributed by atoms with E-state index in [1.54, 1.807) is 12.1 Å². The summed E-state index contributed by atoms with van der Waals surface area (Å²) in [6, 6.07) is 12.5. The van der Waals surface area contributed by atoms with Crippen molar-refractivity contribution in [1.29, 1.82) is 0 Å². The second-order valence-corrected chi connectivity index (χ2v) is 8.85. The number of rotatable bonds is 5. The van der Waals surface area contributed by atoms with E-state index in [0.717, 1.165) is 18.4 Å². The van der Waals surface area contributed by atoms with Gasteiger partial charge in [0.15, 0.2) is 0 Å². The summed E-state index contributed by atoms with van der Waals surface area (Å²) >= 11 is 3.50. The van der Waals surface area contributed by atoms with Gasteiger partial charge >= 0.3 is 7.69 Å². The van der Waals surface area contributed by atoms with Crippen molar-refractivity contribution in [3.63, 3.8) is 0 Å². The van der Waals surface area contributed by atoms with Crippen LogP contribution in [0.3, 0.4) is 0 Å². The Morgan fingerprint density at radius 3 is 2.03 bits per heavy atom. The molecule has 4 rings (SSSR count). The van der Waals surface area contributed by atoms with E-state index in [-0.39, 0.29) is 22.0 Å². The third kappa shape index (κ3) is 9.88. The van der Waals surface area contributed by atoms with E-state index < -0.39 is 4.92 Å². The van der Waals surface area contributed by atoms with Gasteiger partial charge in [0.25, 0.3) is 11.4 Å². The van der Waals surface area contributed by atoms with Crippen molar-refractivity contribution >= 4 is 35.0 Å². The first kappa shape index (κ1) is 27.3. The highest BCUT2D eigenvalue weighted by atomic mass is 79.9. The molecule has 8 nitrogen and oxygen atoms in total. The summed E-state index contributed by atoms with van der Waals surface area (Å²) in [4.78, 5) is 20.7. The number of alkyl halides is 1. The number of allylic oxidation sites excluding steroid dienone is 4. The van der Waals surface area contributed by atoms with E-state index >= 15 is 0 Å². The van der Waals surface area contributed by atoms with Crippen molar-refractivity contribution in [2.75, 3.05) is 0 Å². The predicted molar refractivity (Wildman–Crippen MR) is 136 cm³/mol. The smallest absolute Gasteiger partial charge is 0.537 e. The van der Waals surface area contributed by atoms with Crippen LogP contribution in [-0.4, -0.2) is 27.4 Å². The molecule has 2 atom stereocenters. The lowest BCUT2D eigenvalue weighted by Crippen LogP contribution is -2.00. The van der Waals surface area contributed by atoms with Crippen molar-refractivity contribution in [3.8, 4) is 5.75 Å². The minimum absolute atomic E-state index is 0.0747. The average Bonchev–Trinajstić information content (AvgIpc) is 2.86. The van der Waals surface area contributed by atoms with Crippen molar-refractivity contribution < 1.29 is 19.5 Å².